The van der Waals surface area contributed by atoms with Crippen molar-refractivity contribution in [2.45, 2.75) is 56.5 Å². The van der Waals surface area contributed by atoms with Crippen molar-refractivity contribution in [1.29, 1.82) is 0 Å². The highest BCUT2D eigenvalue weighted by Crippen LogP contribution is 2.40. The molecule has 144 valence electrons. The van der Waals surface area contributed by atoms with E-state index in [0.29, 0.717) is 19.7 Å². The summed E-state index contributed by atoms with van der Waals surface area (Å²) in [6.07, 6.45) is -0.577. The monoisotopic (exact) mass is 373 g/mol. The van der Waals surface area contributed by atoms with Crippen molar-refractivity contribution in [2.24, 2.45) is 5.92 Å². The maximum atomic E-state index is 13.4. The zero-order valence-corrected chi connectivity index (χ0v) is 14.3. The maximum absolute atomic E-state index is 13.4. The summed E-state index contributed by atoms with van der Waals surface area (Å²) >= 11 is 0. The molecule has 4 rings (SSSR count). The number of nitrogens with one attached hydrogen (secondary N) is 1. The molecule has 4 atom stereocenters. The topological polar surface area (TPSA) is 72.3 Å². The van der Waals surface area contributed by atoms with Gasteiger partial charge in [-0.25, -0.2) is 4.68 Å². The average Bonchev–Trinajstić information content (AvgIpc) is 3.31. The number of anilines is 1. The first kappa shape index (κ1) is 17.6. The van der Waals surface area contributed by atoms with Crippen LogP contribution >= 0.6 is 0 Å². The Kier molecular flexibility index (Phi) is 4.54. The molecule has 26 heavy (non-hydrogen) atoms. The van der Waals surface area contributed by atoms with Crippen LogP contribution in [0.4, 0.5) is 19.1 Å². The lowest BCUT2D eigenvalue weighted by Gasteiger charge is -2.41. The van der Waals surface area contributed by atoms with Crippen LogP contribution in [0.1, 0.15) is 38.1 Å². The first-order valence-corrected chi connectivity index (χ1v) is 9.06. The molecule has 0 bridgehead atoms. The summed E-state index contributed by atoms with van der Waals surface area (Å²) in [5.74, 6) is 0.0640. The molecule has 2 fully saturated rings. The number of hydrogen-bond donors (Lipinski definition) is 1. The number of carbonyl (C=O) groups is 1. The van der Waals surface area contributed by atoms with E-state index in [9.17, 15) is 18.0 Å². The third-order valence-corrected chi connectivity index (χ3v) is 5.58. The fourth-order valence-electron chi connectivity index (χ4n) is 4.24. The third-order valence-electron chi connectivity index (χ3n) is 5.58. The van der Waals surface area contributed by atoms with Crippen molar-refractivity contribution in [2.75, 3.05) is 25.0 Å². The molecular formula is C16H22F3N5O2. The molecule has 0 unspecified atom stereocenters. The second kappa shape index (κ2) is 6.71. The Morgan fingerprint density at radius 2 is 2.15 bits per heavy atom. The number of alkyl halides is 3. The molecule has 3 aliphatic heterocycles. The molecule has 1 amide bonds. The van der Waals surface area contributed by atoms with Gasteiger partial charge >= 0.3 is 6.18 Å². The van der Waals surface area contributed by atoms with E-state index in [0.717, 1.165) is 36.7 Å². The normalized spacial score (nSPS) is 32.2. The molecule has 2 saturated heterocycles. The summed E-state index contributed by atoms with van der Waals surface area (Å²) in [6.45, 7) is 1.69. The van der Waals surface area contributed by atoms with Crippen molar-refractivity contribution in [1.82, 2.24) is 19.7 Å². The minimum Gasteiger partial charge on any atom is -0.368 e. The highest BCUT2D eigenvalue weighted by Gasteiger charge is 2.48. The molecule has 4 heterocycles. The van der Waals surface area contributed by atoms with E-state index in [2.05, 4.69) is 15.4 Å². The highest BCUT2D eigenvalue weighted by atomic mass is 19.4. The number of rotatable bonds is 2. The van der Waals surface area contributed by atoms with Gasteiger partial charge in [0.2, 0.25) is 5.95 Å². The van der Waals surface area contributed by atoms with Crippen molar-refractivity contribution in [3.63, 3.8) is 0 Å². The summed E-state index contributed by atoms with van der Waals surface area (Å²) in [6, 6.07) is -2.08. The van der Waals surface area contributed by atoms with E-state index in [1.54, 1.807) is 4.90 Å². The van der Waals surface area contributed by atoms with E-state index in [1.165, 1.54) is 0 Å². The molecule has 3 aliphatic rings. The van der Waals surface area contributed by atoms with Gasteiger partial charge in [-0.05, 0) is 38.0 Å². The number of fused-ring (bicyclic) bond motifs is 1. The predicted molar refractivity (Wildman–Crippen MR) is 85.4 cm³/mol. The van der Waals surface area contributed by atoms with Crippen LogP contribution in [0, 0.1) is 5.92 Å². The quantitative estimate of drug-likeness (QED) is 0.858. The smallest absolute Gasteiger partial charge is 0.368 e. The van der Waals surface area contributed by atoms with E-state index < -0.39 is 18.3 Å². The molecule has 1 N–H and O–H groups in total. The predicted octanol–water partition coefficient (Wildman–Crippen LogP) is 1.98. The first-order valence-electron chi connectivity index (χ1n) is 9.06. The van der Waals surface area contributed by atoms with Gasteiger partial charge in [0.15, 0.2) is 6.04 Å². The van der Waals surface area contributed by atoms with E-state index in [-0.39, 0.29) is 30.3 Å². The first-order chi connectivity index (χ1) is 12.4. The number of ether oxygens (including phenoxy) is 1. The molecular weight excluding hydrogens is 351 g/mol. The van der Waals surface area contributed by atoms with Crippen molar-refractivity contribution < 1.29 is 22.7 Å². The average molecular weight is 373 g/mol. The van der Waals surface area contributed by atoms with Gasteiger partial charge in [0.1, 0.15) is 12.4 Å². The van der Waals surface area contributed by atoms with Gasteiger partial charge in [-0.3, -0.25) is 4.79 Å². The fourth-order valence-corrected chi connectivity index (χ4v) is 4.24. The van der Waals surface area contributed by atoms with Crippen LogP contribution in [0.2, 0.25) is 0 Å². The van der Waals surface area contributed by atoms with Crippen LogP contribution in [0.5, 0.6) is 0 Å². The van der Waals surface area contributed by atoms with Gasteiger partial charge in [0.05, 0.1) is 0 Å². The van der Waals surface area contributed by atoms with Gasteiger partial charge < -0.3 is 15.0 Å². The molecule has 7 nitrogen and oxygen atoms in total. The van der Waals surface area contributed by atoms with Crippen LogP contribution in [0.25, 0.3) is 0 Å². The van der Waals surface area contributed by atoms with Crippen molar-refractivity contribution in [3.8, 4) is 0 Å². The van der Waals surface area contributed by atoms with Gasteiger partial charge in [0.25, 0.3) is 5.91 Å². The van der Waals surface area contributed by atoms with Gasteiger partial charge in [-0.15, -0.1) is 0 Å². The fraction of sp³-hybridized carbons (Fsp3) is 0.812. The number of carbonyl (C=O) groups excluding carboxylic acids is 1. The Labute approximate surface area is 148 Å². The Balaban J connectivity index is 1.48. The lowest BCUT2D eigenvalue weighted by atomic mass is 9.85. The van der Waals surface area contributed by atoms with Crippen molar-refractivity contribution >= 4 is 11.9 Å². The summed E-state index contributed by atoms with van der Waals surface area (Å²) < 4.78 is 46.7. The number of halogens is 3. The maximum Gasteiger partial charge on any atom is 0.411 e. The highest BCUT2D eigenvalue weighted by molar-refractivity contribution is 5.81. The van der Waals surface area contributed by atoms with Crippen LogP contribution in [-0.2, 0) is 9.53 Å². The SMILES string of the molecule is O=C([C@H]1CCCO1)N1CCC[C@H]([C@@H]2C[C@H](C(F)(F)F)n3ncnc3N2)C1. The van der Waals surface area contributed by atoms with Gasteiger partial charge in [-0.2, -0.15) is 23.3 Å². The molecule has 0 radical (unpaired) electrons. The van der Waals surface area contributed by atoms with E-state index >= 15 is 0 Å². The molecule has 0 aliphatic carbocycles. The van der Waals surface area contributed by atoms with E-state index in [1.807, 2.05) is 0 Å². The minimum atomic E-state index is -4.38. The number of likely N-dealkylation sites (tertiary alicyclic amines) is 1. The standard InChI is InChI=1S/C16H22F3N5O2/c17-16(18,19)13-7-11(22-15-20-9-21-24(13)15)10-3-1-5-23(8-10)14(25)12-4-2-6-26-12/h9-13H,1-8H2,(H,20,21,22)/t10-,11-,12+,13+/m0/s1. The Morgan fingerprint density at radius 1 is 1.31 bits per heavy atom. The van der Waals surface area contributed by atoms with Gasteiger partial charge in [-0.1, -0.05) is 0 Å². The van der Waals surface area contributed by atoms with Crippen LogP contribution in [0.3, 0.4) is 0 Å². The summed E-state index contributed by atoms with van der Waals surface area (Å²) in [4.78, 5) is 18.3. The Hall–Kier alpha value is -1.84. The van der Waals surface area contributed by atoms with Crippen LogP contribution in [0.15, 0.2) is 6.33 Å². The van der Waals surface area contributed by atoms with Crippen LogP contribution in [-0.4, -0.2) is 63.6 Å². The number of hydrogen-bond acceptors (Lipinski definition) is 5. The molecule has 10 heteroatoms. The third kappa shape index (κ3) is 3.26. The molecule has 0 spiro atoms. The number of piperidine rings is 1. The molecule has 1 aromatic rings. The summed E-state index contributed by atoms with van der Waals surface area (Å²) in [7, 11) is 0. The summed E-state index contributed by atoms with van der Waals surface area (Å²) in [5, 5.41) is 6.82. The number of aromatic nitrogens is 3. The second-order valence-electron chi connectivity index (χ2n) is 7.26. The Bertz CT molecular complexity index is 659. The second-order valence-corrected chi connectivity index (χ2v) is 7.26. The molecule has 0 saturated carbocycles. The van der Waals surface area contributed by atoms with Crippen molar-refractivity contribution in [3.05, 3.63) is 6.33 Å². The molecule has 1 aromatic heterocycles. The number of nitrogens with zero attached hydrogens (tertiary/aromatic N) is 4. The summed E-state index contributed by atoms with van der Waals surface area (Å²) in [5.41, 5.74) is 0. The lowest BCUT2D eigenvalue weighted by molar-refractivity contribution is -0.175. The van der Waals surface area contributed by atoms with Gasteiger partial charge in [0, 0.05) is 25.7 Å². The minimum absolute atomic E-state index is 0.0291. The Morgan fingerprint density at radius 3 is 2.88 bits per heavy atom. The van der Waals surface area contributed by atoms with Crippen LogP contribution < -0.4 is 5.32 Å². The number of amides is 1. The zero-order valence-electron chi connectivity index (χ0n) is 14.3. The van der Waals surface area contributed by atoms with E-state index in [4.69, 9.17) is 4.74 Å². The zero-order chi connectivity index (χ0) is 18.3. The largest absolute Gasteiger partial charge is 0.411 e. The lowest BCUT2D eigenvalue weighted by Crippen LogP contribution is -2.51. The molecule has 0 aromatic carbocycles.